The molecule has 7 heteroatoms. The quantitative estimate of drug-likeness (QED) is 0.341. The van der Waals surface area contributed by atoms with E-state index in [9.17, 15) is 14.7 Å². The van der Waals surface area contributed by atoms with Crippen LogP contribution in [0.3, 0.4) is 0 Å². The van der Waals surface area contributed by atoms with E-state index in [-0.39, 0.29) is 11.7 Å². The van der Waals surface area contributed by atoms with Crippen molar-refractivity contribution >= 4 is 17.6 Å². The fraction of sp³-hybridized carbons (Fsp3) is 0.412. The predicted molar refractivity (Wildman–Crippen MR) is 157 cm³/mol. The number of ether oxygens (including phenoxy) is 2. The predicted octanol–water partition coefficient (Wildman–Crippen LogP) is 6.90. The number of hydrogen-bond donors (Lipinski definition) is 1. The summed E-state index contributed by atoms with van der Waals surface area (Å²) in [6.45, 7) is 10.2. The molecule has 0 spiro atoms. The normalized spacial score (nSPS) is 15.2. The zero-order valence-electron chi connectivity index (χ0n) is 24.5. The van der Waals surface area contributed by atoms with E-state index < -0.39 is 23.5 Å². The highest BCUT2D eigenvalue weighted by Crippen LogP contribution is 2.47. The number of nitrogens with zero attached hydrogens (tertiary/aromatic N) is 1. The monoisotopic (exact) mass is 559 g/mol. The number of aliphatic carboxylic acids is 1. The number of carboxylic acid groups (broad SMARTS) is 1. The maximum absolute atomic E-state index is 15.5. The van der Waals surface area contributed by atoms with Crippen molar-refractivity contribution in [3.8, 4) is 16.9 Å². The van der Waals surface area contributed by atoms with Gasteiger partial charge in [0.1, 0.15) is 0 Å². The number of carbonyl (C=O) groups is 2. The Hall–Kier alpha value is -3.71. The summed E-state index contributed by atoms with van der Waals surface area (Å²) in [7, 11) is 0. The Labute approximate surface area is 241 Å². The van der Waals surface area contributed by atoms with E-state index in [2.05, 4.69) is 0 Å². The molecule has 5 rings (SSSR count). The van der Waals surface area contributed by atoms with E-state index in [1.54, 1.807) is 4.90 Å². The maximum atomic E-state index is 15.5. The first-order valence-corrected chi connectivity index (χ1v) is 14.3. The minimum Gasteiger partial charge on any atom is -0.490 e. The molecule has 1 N–H and O–H groups in total. The van der Waals surface area contributed by atoms with Gasteiger partial charge >= 0.3 is 5.97 Å². The van der Waals surface area contributed by atoms with Crippen LogP contribution in [0.25, 0.3) is 11.1 Å². The number of aryl methyl sites for hydroxylation is 2. The van der Waals surface area contributed by atoms with Crippen LogP contribution in [0.2, 0.25) is 0 Å². The molecule has 41 heavy (non-hydrogen) atoms. The van der Waals surface area contributed by atoms with Crippen molar-refractivity contribution in [1.82, 2.24) is 0 Å². The molecule has 0 saturated carbocycles. The van der Waals surface area contributed by atoms with Gasteiger partial charge in [-0.3, -0.25) is 4.79 Å². The maximum Gasteiger partial charge on any atom is 0.337 e. The van der Waals surface area contributed by atoms with Crippen molar-refractivity contribution < 1.29 is 28.6 Å². The Morgan fingerprint density at radius 3 is 2.51 bits per heavy atom. The van der Waals surface area contributed by atoms with Gasteiger partial charge in [0, 0.05) is 29.8 Å². The van der Waals surface area contributed by atoms with Crippen LogP contribution in [-0.4, -0.2) is 35.7 Å². The van der Waals surface area contributed by atoms with Gasteiger partial charge in [-0.05, 0) is 106 Å². The number of fused-ring (bicyclic) bond motifs is 2. The minimum absolute atomic E-state index is 0.00757. The molecule has 1 atom stereocenters. The van der Waals surface area contributed by atoms with Crippen LogP contribution in [0.1, 0.15) is 73.1 Å². The molecule has 1 amide bonds. The third-order valence-electron chi connectivity index (χ3n) is 7.97. The number of halogens is 1. The summed E-state index contributed by atoms with van der Waals surface area (Å²) in [6.07, 6.45) is 1.71. The van der Waals surface area contributed by atoms with Gasteiger partial charge < -0.3 is 19.5 Å². The van der Waals surface area contributed by atoms with Gasteiger partial charge in [-0.25, -0.2) is 9.18 Å². The molecule has 0 saturated heterocycles. The molecule has 0 radical (unpaired) electrons. The van der Waals surface area contributed by atoms with Crippen molar-refractivity contribution in [2.24, 2.45) is 0 Å². The first kappa shape index (κ1) is 28.8. The lowest BCUT2D eigenvalue weighted by atomic mass is 9.83. The molecule has 6 nitrogen and oxygen atoms in total. The number of carbonyl (C=O) groups excluding carboxylic acids is 1. The van der Waals surface area contributed by atoms with Crippen molar-refractivity contribution in [2.45, 2.75) is 78.4 Å². The molecule has 216 valence electrons. The Balaban J connectivity index is 1.67. The lowest BCUT2D eigenvalue weighted by Crippen LogP contribution is -2.30. The number of carboxylic acids is 1. The van der Waals surface area contributed by atoms with Gasteiger partial charge in [0.25, 0.3) is 0 Å². The highest BCUT2D eigenvalue weighted by molar-refractivity contribution is 5.99. The van der Waals surface area contributed by atoms with Gasteiger partial charge in [0.2, 0.25) is 5.91 Å². The van der Waals surface area contributed by atoms with E-state index >= 15 is 4.39 Å². The Morgan fingerprint density at radius 2 is 1.83 bits per heavy atom. The molecule has 2 aliphatic heterocycles. The summed E-state index contributed by atoms with van der Waals surface area (Å²) in [4.78, 5) is 28.0. The molecule has 2 heterocycles. The minimum atomic E-state index is -1.27. The molecule has 2 aliphatic rings. The number of rotatable bonds is 7. The van der Waals surface area contributed by atoms with Crippen LogP contribution in [0.5, 0.6) is 5.75 Å². The molecule has 0 unspecified atom stereocenters. The molecule has 3 aromatic carbocycles. The van der Waals surface area contributed by atoms with E-state index in [1.165, 1.54) is 6.07 Å². The van der Waals surface area contributed by atoms with Gasteiger partial charge in [-0.15, -0.1) is 0 Å². The number of hydrogen-bond acceptors (Lipinski definition) is 4. The Kier molecular flexibility index (Phi) is 7.93. The highest BCUT2D eigenvalue weighted by Gasteiger charge is 2.37. The van der Waals surface area contributed by atoms with Crippen molar-refractivity contribution in [3.63, 3.8) is 0 Å². The number of benzene rings is 3. The third kappa shape index (κ3) is 5.73. The lowest BCUT2D eigenvalue weighted by Gasteiger charge is -2.30. The lowest BCUT2D eigenvalue weighted by molar-refractivity contribution is -0.160. The van der Waals surface area contributed by atoms with Gasteiger partial charge in [0.05, 0.1) is 12.2 Å². The standard InChI is InChI=1S/C34H38FNO5/c1-20-18-27-24(15-16-36(27)28(37)14-13-22-10-7-6-8-11-22)30(29(20)32(33(38)39)41-34(3,4)5)25-19-26(35)31-23(21(25)2)12-9-17-40-31/h6-8,10-11,18-19,32H,9,12-17H2,1-5H3,(H,38,39)/t32-/m0/s1. The fourth-order valence-corrected chi connectivity index (χ4v) is 6.13. The number of anilines is 1. The zero-order chi connectivity index (χ0) is 29.5. The summed E-state index contributed by atoms with van der Waals surface area (Å²) in [5, 5.41) is 10.4. The summed E-state index contributed by atoms with van der Waals surface area (Å²) in [5.41, 5.74) is 6.11. The molecule has 0 bridgehead atoms. The topological polar surface area (TPSA) is 76.1 Å². The SMILES string of the molecule is Cc1cc2c(c(-c3cc(F)c4c(c3C)CCCO4)c1[C@H](OC(C)(C)C)C(=O)O)CCN2C(=O)CCc1ccccc1. The van der Waals surface area contributed by atoms with Crippen molar-refractivity contribution in [1.29, 1.82) is 0 Å². The average molecular weight is 560 g/mol. The Bertz CT molecular complexity index is 1490. The van der Waals surface area contributed by atoms with E-state index in [0.717, 1.165) is 34.4 Å². The molecule has 0 fully saturated rings. The van der Waals surface area contributed by atoms with E-state index in [1.807, 2.05) is 71.0 Å². The zero-order valence-corrected chi connectivity index (χ0v) is 24.5. The van der Waals surface area contributed by atoms with E-state index in [4.69, 9.17) is 9.47 Å². The second-order valence-corrected chi connectivity index (χ2v) is 12.0. The third-order valence-corrected chi connectivity index (χ3v) is 7.97. The fourth-order valence-electron chi connectivity index (χ4n) is 6.13. The molecular weight excluding hydrogens is 521 g/mol. The van der Waals surface area contributed by atoms with Crippen LogP contribution in [0.15, 0.2) is 42.5 Å². The van der Waals surface area contributed by atoms with Crippen molar-refractivity contribution in [2.75, 3.05) is 18.1 Å². The second-order valence-electron chi connectivity index (χ2n) is 12.0. The molecular formula is C34H38FNO5. The van der Waals surface area contributed by atoms with Crippen LogP contribution in [0.4, 0.5) is 10.1 Å². The smallest absolute Gasteiger partial charge is 0.337 e. The molecule has 0 aliphatic carbocycles. The summed E-state index contributed by atoms with van der Waals surface area (Å²) >= 11 is 0. The highest BCUT2D eigenvalue weighted by atomic mass is 19.1. The van der Waals surface area contributed by atoms with Gasteiger partial charge in [-0.1, -0.05) is 30.3 Å². The molecule has 3 aromatic rings. The Morgan fingerprint density at radius 1 is 1.10 bits per heavy atom. The summed E-state index contributed by atoms with van der Waals surface area (Å²) in [6, 6.07) is 13.3. The summed E-state index contributed by atoms with van der Waals surface area (Å²) < 4.78 is 27.4. The van der Waals surface area contributed by atoms with E-state index in [0.29, 0.717) is 61.1 Å². The molecule has 0 aromatic heterocycles. The van der Waals surface area contributed by atoms with Crippen LogP contribution in [0, 0.1) is 19.7 Å². The number of amides is 1. The summed E-state index contributed by atoms with van der Waals surface area (Å²) in [5.74, 6) is -1.29. The van der Waals surface area contributed by atoms with Gasteiger partial charge in [-0.2, -0.15) is 0 Å². The first-order chi connectivity index (χ1) is 19.5. The van der Waals surface area contributed by atoms with Crippen molar-refractivity contribution in [3.05, 3.63) is 81.7 Å². The first-order valence-electron chi connectivity index (χ1n) is 14.3. The average Bonchev–Trinajstić information content (AvgIpc) is 3.35. The second kappa shape index (κ2) is 11.3. The van der Waals surface area contributed by atoms with Crippen LogP contribution in [-0.2, 0) is 33.6 Å². The van der Waals surface area contributed by atoms with Crippen LogP contribution >= 0.6 is 0 Å². The van der Waals surface area contributed by atoms with Crippen LogP contribution < -0.4 is 9.64 Å². The van der Waals surface area contributed by atoms with Gasteiger partial charge in [0.15, 0.2) is 17.7 Å². The largest absolute Gasteiger partial charge is 0.490 e.